The Kier molecular flexibility index (Phi) is 6.38. The van der Waals surface area contributed by atoms with Crippen LogP contribution in [0.15, 0.2) is 28.7 Å². The van der Waals surface area contributed by atoms with Gasteiger partial charge in [-0.25, -0.2) is 3.11 Å². The van der Waals surface area contributed by atoms with Gasteiger partial charge in [0, 0.05) is 48.5 Å². The SMILES string of the molecule is CN(CCOc1ccccc1Br)C1CCN(I)CC1. The third kappa shape index (κ3) is 4.88. The van der Waals surface area contributed by atoms with Gasteiger partial charge < -0.3 is 4.74 Å². The highest BCUT2D eigenvalue weighted by molar-refractivity contribution is 14.1. The molecule has 2 rings (SSSR count). The van der Waals surface area contributed by atoms with Gasteiger partial charge in [0.2, 0.25) is 0 Å². The number of hydrogen-bond acceptors (Lipinski definition) is 3. The number of benzene rings is 1. The second-order valence-corrected chi connectivity index (χ2v) is 7.12. The molecule has 1 aliphatic heterocycles. The van der Waals surface area contributed by atoms with E-state index in [1.165, 1.54) is 25.9 Å². The minimum absolute atomic E-state index is 0.703. The van der Waals surface area contributed by atoms with Crippen molar-refractivity contribution in [3.8, 4) is 5.75 Å². The number of rotatable bonds is 5. The fourth-order valence-electron chi connectivity index (χ4n) is 2.32. The number of halogens is 2. The Morgan fingerprint density at radius 2 is 2.05 bits per heavy atom. The second kappa shape index (κ2) is 7.81. The van der Waals surface area contributed by atoms with Crippen molar-refractivity contribution in [1.82, 2.24) is 8.01 Å². The lowest BCUT2D eigenvalue weighted by molar-refractivity contribution is 0.152. The monoisotopic (exact) mass is 438 g/mol. The van der Waals surface area contributed by atoms with E-state index in [-0.39, 0.29) is 0 Å². The lowest BCUT2D eigenvalue weighted by Gasteiger charge is -2.34. The molecule has 1 heterocycles. The summed E-state index contributed by atoms with van der Waals surface area (Å²) in [5, 5.41) is 0. The number of hydrogen-bond donors (Lipinski definition) is 0. The van der Waals surface area contributed by atoms with E-state index in [0.29, 0.717) is 6.04 Å². The Balaban J connectivity index is 1.72. The molecule has 0 unspecified atom stereocenters. The molecule has 3 nitrogen and oxygen atoms in total. The first-order valence-corrected chi connectivity index (χ1v) is 8.41. The molecule has 0 aromatic heterocycles. The molecule has 1 aromatic rings. The fraction of sp³-hybridized carbons (Fsp3) is 0.571. The van der Waals surface area contributed by atoms with Gasteiger partial charge in [0.1, 0.15) is 12.4 Å². The lowest BCUT2D eigenvalue weighted by atomic mass is 10.1. The summed E-state index contributed by atoms with van der Waals surface area (Å²) in [6.07, 6.45) is 2.52. The normalized spacial score (nSPS) is 17.9. The van der Waals surface area contributed by atoms with E-state index in [4.69, 9.17) is 4.74 Å². The van der Waals surface area contributed by atoms with Crippen molar-refractivity contribution in [2.75, 3.05) is 33.3 Å². The Morgan fingerprint density at radius 1 is 1.37 bits per heavy atom. The fourth-order valence-corrected chi connectivity index (χ4v) is 3.28. The standard InChI is InChI=1S/C14H20BrIN2O/c1-17(12-6-8-18(16)9-7-12)10-11-19-14-5-3-2-4-13(14)15/h2-5,12H,6-11H2,1H3. The van der Waals surface area contributed by atoms with Gasteiger partial charge in [-0.1, -0.05) is 12.1 Å². The molecule has 0 radical (unpaired) electrons. The van der Waals surface area contributed by atoms with Crippen LogP contribution < -0.4 is 4.74 Å². The third-order valence-corrected chi connectivity index (χ3v) is 5.19. The zero-order chi connectivity index (χ0) is 13.7. The summed E-state index contributed by atoms with van der Waals surface area (Å²) >= 11 is 5.92. The van der Waals surface area contributed by atoms with E-state index in [2.05, 4.69) is 53.9 Å². The maximum atomic E-state index is 5.82. The third-order valence-electron chi connectivity index (χ3n) is 3.57. The molecule has 0 amide bonds. The van der Waals surface area contributed by atoms with E-state index >= 15 is 0 Å². The van der Waals surface area contributed by atoms with Gasteiger partial charge in [-0.3, -0.25) is 4.90 Å². The molecule has 1 aliphatic rings. The molecule has 1 aromatic carbocycles. The average molecular weight is 439 g/mol. The summed E-state index contributed by atoms with van der Waals surface area (Å²) in [4.78, 5) is 2.43. The number of para-hydroxylation sites is 1. The van der Waals surface area contributed by atoms with Crippen LogP contribution in [0, 0.1) is 0 Å². The van der Waals surface area contributed by atoms with Crippen molar-refractivity contribution in [1.29, 1.82) is 0 Å². The van der Waals surface area contributed by atoms with E-state index in [0.717, 1.165) is 23.4 Å². The van der Waals surface area contributed by atoms with Crippen LogP contribution >= 0.6 is 38.8 Å². The van der Waals surface area contributed by atoms with E-state index in [1.54, 1.807) is 0 Å². The minimum Gasteiger partial charge on any atom is -0.491 e. The first kappa shape index (κ1) is 15.5. The number of piperidine rings is 1. The highest BCUT2D eigenvalue weighted by Crippen LogP contribution is 2.24. The van der Waals surface area contributed by atoms with E-state index in [1.807, 2.05) is 24.3 Å². The second-order valence-electron chi connectivity index (χ2n) is 4.90. The average Bonchev–Trinajstić information content (AvgIpc) is 2.41. The first-order valence-electron chi connectivity index (χ1n) is 6.65. The molecule has 0 spiro atoms. The molecular formula is C14H20BrIN2O. The van der Waals surface area contributed by atoms with Crippen LogP contribution in [0.3, 0.4) is 0 Å². The van der Waals surface area contributed by atoms with Crippen LogP contribution in [0.4, 0.5) is 0 Å². The van der Waals surface area contributed by atoms with Gasteiger partial charge in [0.25, 0.3) is 0 Å². The van der Waals surface area contributed by atoms with E-state index in [9.17, 15) is 0 Å². The molecular weight excluding hydrogens is 419 g/mol. The minimum atomic E-state index is 0.703. The molecule has 0 bridgehead atoms. The molecule has 0 saturated carbocycles. The van der Waals surface area contributed by atoms with Gasteiger partial charge in [-0.15, -0.1) is 0 Å². The summed E-state index contributed by atoms with van der Waals surface area (Å²) in [6, 6.07) is 8.71. The van der Waals surface area contributed by atoms with Gasteiger partial charge >= 0.3 is 0 Å². The van der Waals surface area contributed by atoms with Crippen LogP contribution in [0.25, 0.3) is 0 Å². The van der Waals surface area contributed by atoms with Crippen molar-refractivity contribution in [2.45, 2.75) is 18.9 Å². The zero-order valence-corrected chi connectivity index (χ0v) is 14.9. The Hall–Kier alpha value is 0.150. The van der Waals surface area contributed by atoms with Crippen LogP contribution in [0.2, 0.25) is 0 Å². The predicted molar refractivity (Wildman–Crippen MR) is 90.9 cm³/mol. The summed E-state index contributed by atoms with van der Waals surface area (Å²) in [6.45, 7) is 4.11. The maximum Gasteiger partial charge on any atom is 0.133 e. The quantitative estimate of drug-likeness (QED) is 0.516. The molecule has 5 heteroatoms. The van der Waals surface area contributed by atoms with Crippen molar-refractivity contribution < 1.29 is 4.74 Å². The molecule has 0 N–H and O–H groups in total. The molecule has 19 heavy (non-hydrogen) atoms. The number of nitrogens with zero attached hydrogens (tertiary/aromatic N) is 2. The largest absolute Gasteiger partial charge is 0.491 e. The smallest absolute Gasteiger partial charge is 0.133 e. The molecule has 0 aliphatic carbocycles. The van der Waals surface area contributed by atoms with Crippen LogP contribution in [0.5, 0.6) is 5.75 Å². The van der Waals surface area contributed by atoms with Crippen LogP contribution in [-0.4, -0.2) is 47.3 Å². The number of likely N-dealkylation sites (N-methyl/N-ethyl adjacent to an activating group) is 1. The van der Waals surface area contributed by atoms with Gasteiger partial charge in [-0.05, 0) is 48.0 Å². The van der Waals surface area contributed by atoms with E-state index < -0.39 is 0 Å². The van der Waals surface area contributed by atoms with Crippen molar-refractivity contribution in [3.05, 3.63) is 28.7 Å². The van der Waals surface area contributed by atoms with Crippen LogP contribution in [0.1, 0.15) is 12.8 Å². The lowest BCUT2D eigenvalue weighted by Crippen LogP contribution is -2.41. The van der Waals surface area contributed by atoms with Gasteiger partial charge in [0.05, 0.1) is 4.47 Å². The first-order chi connectivity index (χ1) is 9.16. The zero-order valence-electron chi connectivity index (χ0n) is 11.2. The van der Waals surface area contributed by atoms with Crippen molar-refractivity contribution in [3.63, 3.8) is 0 Å². The predicted octanol–water partition coefficient (Wildman–Crippen LogP) is 3.57. The van der Waals surface area contributed by atoms with Crippen LogP contribution in [-0.2, 0) is 0 Å². The summed E-state index contributed by atoms with van der Waals surface area (Å²) in [7, 11) is 2.21. The molecule has 0 atom stereocenters. The number of ether oxygens (including phenoxy) is 1. The summed E-state index contributed by atoms with van der Waals surface area (Å²) in [5.74, 6) is 0.929. The maximum absolute atomic E-state index is 5.82. The molecule has 1 saturated heterocycles. The molecule has 1 fully saturated rings. The topological polar surface area (TPSA) is 15.7 Å². The highest BCUT2D eigenvalue weighted by Gasteiger charge is 2.20. The van der Waals surface area contributed by atoms with Gasteiger partial charge in [0.15, 0.2) is 0 Å². The molecule has 106 valence electrons. The summed E-state index contributed by atoms with van der Waals surface area (Å²) < 4.78 is 9.22. The Bertz CT molecular complexity index is 397. The van der Waals surface area contributed by atoms with Crippen molar-refractivity contribution >= 4 is 38.8 Å². The highest BCUT2D eigenvalue weighted by atomic mass is 127. The van der Waals surface area contributed by atoms with Crippen molar-refractivity contribution in [2.24, 2.45) is 0 Å². The van der Waals surface area contributed by atoms with Gasteiger partial charge in [-0.2, -0.15) is 0 Å². The summed E-state index contributed by atoms with van der Waals surface area (Å²) in [5.41, 5.74) is 0. The Morgan fingerprint density at radius 3 is 2.74 bits per heavy atom. The Labute approximate surface area is 137 Å².